The van der Waals surface area contributed by atoms with Crippen LogP contribution in [0, 0.1) is 5.41 Å². The van der Waals surface area contributed by atoms with Gasteiger partial charge in [-0.05, 0) is 58.2 Å². The first-order chi connectivity index (χ1) is 16.0. The highest BCUT2D eigenvalue weighted by molar-refractivity contribution is 6.00. The molecule has 1 aromatic heterocycles. The number of anilines is 1. The van der Waals surface area contributed by atoms with Gasteiger partial charge < -0.3 is 15.4 Å². The van der Waals surface area contributed by atoms with Gasteiger partial charge in [0.05, 0.1) is 5.69 Å². The van der Waals surface area contributed by atoms with Gasteiger partial charge >= 0.3 is 0 Å². The number of nitrogen functional groups attached to an aromatic ring is 1. The summed E-state index contributed by atoms with van der Waals surface area (Å²) in [7, 11) is 0. The number of amides is 1. The van der Waals surface area contributed by atoms with Crippen molar-refractivity contribution >= 4 is 17.4 Å². The van der Waals surface area contributed by atoms with Gasteiger partial charge in [-0.15, -0.1) is 0 Å². The predicted molar refractivity (Wildman–Crippen MR) is 126 cm³/mol. The summed E-state index contributed by atoms with van der Waals surface area (Å²) in [5.74, 6) is 0.308. The zero-order chi connectivity index (χ0) is 23.4. The van der Waals surface area contributed by atoms with Crippen LogP contribution in [0.25, 0.3) is 0 Å². The van der Waals surface area contributed by atoms with Gasteiger partial charge in [0.25, 0.3) is 5.91 Å². The quantitative estimate of drug-likeness (QED) is 0.359. The van der Waals surface area contributed by atoms with E-state index in [1.165, 1.54) is 25.6 Å². The molecule has 1 aromatic carbocycles. The van der Waals surface area contributed by atoms with Crippen molar-refractivity contribution in [3.63, 3.8) is 0 Å². The first-order valence-corrected chi connectivity index (χ1v) is 11.8. The molecule has 2 aromatic rings. The third kappa shape index (κ3) is 5.13. The molecular formula is C24H33N7O2. The number of piperidine rings is 1. The van der Waals surface area contributed by atoms with Crippen LogP contribution in [0.15, 0.2) is 30.6 Å². The highest BCUT2D eigenvalue weighted by Gasteiger charge is 2.37. The number of nitrogens with two attached hydrogens (primary N) is 1. The lowest BCUT2D eigenvalue weighted by Gasteiger charge is -2.39. The Bertz CT molecular complexity index is 988. The Balaban J connectivity index is 1.42. The van der Waals surface area contributed by atoms with Crippen molar-refractivity contribution in [2.24, 2.45) is 5.73 Å². The molecule has 0 saturated carbocycles. The van der Waals surface area contributed by atoms with Crippen LogP contribution in [-0.2, 0) is 4.79 Å². The van der Waals surface area contributed by atoms with Crippen LogP contribution in [0.3, 0.4) is 0 Å². The number of nitrogens with one attached hydrogen (secondary N) is 1. The number of para-hydroxylation sites is 2. The standard InChI is InChI=1S/C24H33N7O2/c1-16-9-8-10-17(2)30(16)13-6-3-7-14-31-18-11-4-5-12-19(18)33-20(24(31)32)22-27-15-28-23(29-22)21(25)26/h4-5,11-12,15-17,20H,3,6-10,13-14H2,1-2H3,(H3,25,26)/t16-,17+,20?. The highest BCUT2D eigenvalue weighted by Crippen LogP contribution is 2.38. The third-order valence-corrected chi connectivity index (χ3v) is 6.63. The van der Waals surface area contributed by atoms with Crippen molar-refractivity contribution in [3.05, 3.63) is 42.2 Å². The second kappa shape index (κ2) is 10.2. The number of hydrogen-bond donors (Lipinski definition) is 2. The molecule has 3 heterocycles. The first-order valence-electron chi connectivity index (χ1n) is 11.8. The van der Waals surface area contributed by atoms with Crippen molar-refractivity contribution in [1.82, 2.24) is 19.9 Å². The average Bonchev–Trinajstić information content (AvgIpc) is 2.81. The number of benzene rings is 1. The lowest BCUT2D eigenvalue weighted by molar-refractivity contribution is -0.127. The van der Waals surface area contributed by atoms with Crippen LogP contribution < -0.4 is 15.4 Å². The molecule has 1 saturated heterocycles. The molecule has 3 N–H and O–H groups in total. The smallest absolute Gasteiger partial charge is 0.276 e. The molecule has 0 spiro atoms. The minimum atomic E-state index is -0.990. The van der Waals surface area contributed by atoms with Gasteiger partial charge in [-0.25, -0.2) is 15.0 Å². The van der Waals surface area contributed by atoms with E-state index in [-0.39, 0.29) is 23.4 Å². The van der Waals surface area contributed by atoms with Gasteiger partial charge in [0.2, 0.25) is 6.10 Å². The number of likely N-dealkylation sites (tertiary alicyclic amines) is 1. The van der Waals surface area contributed by atoms with Crippen LogP contribution in [0.5, 0.6) is 5.75 Å². The Labute approximate surface area is 194 Å². The van der Waals surface area contributed by atoms with E-state index in [0.717, 1.165) is 31.5 Å². The lowest BCUT2D eigenvalue weighted by atomic mass is 9.97. The van der Waals surface area contributed by atoms with Crippen LogP contribution in [0.1, 0.15) is 70.1 Å². The Hall–Kier alpha value is -3.07. The van der Waals surface area contributed by atoms with Crippen molar-refractivity contribution in [2.75, 3.05) is 18.0 Å². The number of hydrogen-bond acceptors (Lipinski definition) is 7. The predicted octanol–water partition coefficient (Wildman–Crippen LogP) is 3.06. The maximum absolute atomic E-state index is 13.4. The number of carbonyl (C=O) groups is 1. The normalized spacial score (nSPS) is 23.2. The number of carbonyl (C=O) groups excluding carboxylic acids is 1. The lowest BCUT2D eigenvalue weighted by Crippen LogP contribution is -2.44. The molecule has 0 radical (unpaired) electrons. The molecule has 2 aliphatic heterocycles. The largest absolute Gasteiger partial charge is 0.470 e. The molecule has 2 aliphatic rings. The Morgan fingerprint density at radius 2 is 1.85 bits per heavy atom. The van der Waals surface area contributed by atoms with E-state index < -0.39 is 6.10 Å². The van der Waals surface area contributed by atoms with E-state index in [9.17, 15) is 4.79 Å². The van der Waals surface area contributed by atoms with E-state index in [4.69, 9.17) is 15.9 Å². The second-order valence-electron chi connectivity index (χ2n) is 8.96. The fraction of sp³-hybridized carbons (Fsp3) is 0.542. The molecule has 0 bridgehead atoms. The topological polar surface area (TPSA) is 121 Å². The summed E-state index contributed by atoms with van der Waals surface area (Å²) >= 11 is 0. The van der Waals surface area contributed by atoms with Gasteiger partial charge in [0, 0.05) is 18.6 Å². The zero-order valence-electron chi connectivity index (χ0n) is 19.4. The highest BCUT2D eigenvalue weighted by atomic mass is 16.5. The van der Waals surface area contributed by atoms with Crippen molar-refractivity contribution in [2.45, 2.75) is 70.6 Å². The Kier molecular flexibility index (Phi) is 7.17. The Morgan fingerprint density at radius 3 is 2.61 bits per heavy atom. The molecule has 0 aliphatic carbocycles. The second-order valence-corrected chi connectivity index (χ2v) is 8.96. The van der Waals surface area contributed by atoms with Gasteiger partial charge in [0.1, 0.15) is 12.1 Å². The summed E-state index contributed by atoms with van der Waals surface area (Å²) in [6, 6.07) is 8.82. The van der Waals surface area contributed by atoms with Crippen molar-refractivity contribution in [3.8, 4) is 5.75 Å². The first kappa shape index (κ1) is 23.1. The summed E-state index contributed by atoms with van der Waals surface area (Å²) in [6.45, 7) is 6.37. The maximum atomic E-state index is 13.4. The minimum absolute atomic E-state index is 0.0305. The number of rotatable bonds is 8. The average molecular weight is 452 g/mol. The summed E-state index contributed by atoms with van der Waals surface area (Å²) in [5, 5.41) is 7.57. The molecule has 4 rings (SSSR count). The van der Waals surface area contributed by atoms with E-state index >= 15 is 0 Å². The fourth-order valence-electron chi connectivity index (χ4n) is 4.83. The molecule has 1 amide bonds. The van der Waals surface area contributed by atoms with Gasteiger partial charge in [-0.3, -0.25) is 15.1 Å². The minimum Gasteiger partial charge on any atom is -0.470 e. The van der Waals surface area contributed by atoms with Crippen molar-refractivity contribution < 1.29 is 9.53 Å². The number of nitrogens with zero attached hydrogens (tertiary/aromatic N) is 5. The fourth-order valence-corrected chi connectivity index (χ4v) is 4.83. The monoisotopic (exact) mass is 451 g/mol. The molecule has 176 valence electrons. The maximum Gasteiger partial charge on any atom is 0.276 e. The summed E-state index contributed by atoms with van der Waals surface area (Å²) in [4.78, 5) is 30.0. The van der Waals surface area contributed by atoms with E-state index in [2.05, 4.69) is 33.7 Å². The SMILES string of the molecule is C[C@@H]1CCC[C@H](C)N1CCCCCN1C(=O)C(c2ncnc(C(=N)N)n2)Oc2ccccc21. The van der Waals surface area contributed by atoms with Crippen LogP contribution in [0.2, 0.25) is 0 Å². The van der Waals surface area contributed by atoms with E-state index in [0.29, 0.717) is 24.4 Å². The molecule has 9 heteroatoms. The molecule has 33 heavy (non-hydrogen) atoms. The number of amidine groups is 1. The number of ether oxygens (including phenoxy) is 1. The van der Waals surface area contributed by atoms with Crippen LogP contribution >= 0.6 is 0 Å². The van der Waals surface area contributed by atoms with Crippen LogP contribution in [0.4, 0.5) is 5.69 Å². The zero-order valence-corrected chi connectivity index (χ0v) is 19.4. The van der Waals surface area contributed by atoms with E-state index in [1.807, 2.05) is 24.3 Å². The van der Waals surface area contributed by atoms with Crippen LogP contribution in [-0.4, -0.2) is 56.8 Å². The summed E-state index contributed by atoms with van der Waals surface area (Å²) in [6.07, 6.45) is 7.23. The molecule has 1 unspecified atom stereocenters. The van der Waals surface area contributed by atoms with Gasteiger partial charge in [0.15, 0.2) is 17.5 Å². The van der Waals surface area contributed by atoms with Crippen molar-refractivity contribution in [1.29, 1.82) is 5.41 Å². The molecule has 9 nitrogen and oxygen atoms in total. The molecule has 3 atom stereocenters. The molecule has 1 fully saturated rings. The van der Waals surface area contributed by atoms with E-state index in [1.54, 1.807) is 4.90 Å². The molecular weight excluding hydrogens is 418 g/mol. The number of aromatic nitrogens is 3. The number of unbranched alkanes of at least 4 members (excludes halogenated alkanes) is 2. The third-order valence-electron chi connectivity index (χ3n) is 6.63. The summed E-state index contributed by atoms with van der Waals surface area (Å²) in [5.41, 5.74) is 6.27. The summed E-state index contributed by atoms with van der Waals surface area (Å²) < 4.78 is 5.96. The Morgan fingerprint density at radius 1 is 1.12 bits per heavy atom. The van der Waals surface area contributed by atoms with Gasteiger partial charge in [-0.2, -0.15) is 0 Å². The van der Waals surface area contributed by atoms with Gasteiger partial charge in [-0.1, -0.05) is 25.0 Å². The number of fused-ring (bicyclic) bond motifs is 1.